The number of hydrogen-bond acceptors (Lipinski definition) is 3. The van der Waals surface area contributed by atoms with Crippen LogP contribution in [0.15, 0.2) is 22.7 Å². The molecule has 2 rings (SSSR count). The monoisotopic (exact) mass is 298 g/mol. The van der Waals surface area contributed by atoms with Crippen molar-refractivity contribution in [2.75, 3.05) is 6.54 Å². The van der Waals surface area contributed by atoms with E-state index in [2.05, 4.69) is 21.2 Å². The minimum Gasteiger partial charge on any atom is -0.356 e. The van der Waals surface area contributed by atoms with Crippen molar-refractivity contribution in [3.8, 4) is 0 Å². The smallest absolute Gasteiger partial charge is 0.270 e. The van der Waals surface area contributed by atoms with Crippen LogP contribution >= 0.6 is 15.9 Å². The maximum Gasteiger partial charge on any atom is 0.270 e. The predicted octanol–water partition coefficient (Wildman–Crippen LogP) is 2.04. The van der Waals surface area contributed by atoms with E-state index in [1.54, 1.807) is 6.07 Å². The molecule has 0 spiro atoms. The predicted molar refractivity (Wildman–Crippen MR) is 65.6 cm³/mol. The Kier molecular flexibility index (Phi) is 3.42. The number of hydrogen-bond donors (Lipinski definition) is 1. The van der Waals surface area contributed by atoms with Gasteiger partial charge in [-0.15, -0.1) is 0 Å². The Morgan fingerprint density at radius 1 is 1.53 bits per heavy atom. The summed E-state index contributed by atoms with van der Waals surface area (Å²) in [4.78, 5) is 21.6. The lowest BCUT2D eigenvalue weighted by Gasteiger charge is -2.08. The molecule has 0 saturated carbocycles. The number of nitro benzene ring substituents is 1. The van der Waals surface area contributed by atoms with Crippen molar-refractivity contribution < 1.29 is 9.72 Å². The molecule has 1 saturated heterocycles. The summed E-state index contributed by atoms with van der Waals surface area (Å²) in [6, 6.07) is 4.64. The van der Waals surface area contributed by atoms with E-state index in [1.165, 1.54) is 12.1 Å². The first-order chi connectivity index (χ1) is 8.08. The van der Waals surface area contributed by atoms with Crippen LogP contribution in [0.2, 0.25) is 0 Å². The summed E-state index contributed by atoms with van der Waals surface area (Å²) in [7, 11) is 0. The quantitative estimate of drug-likeness (QED) is 0.685. The van der Waals surface area contributed by atoms with Crippen LogP contribution in [0.25, 0.3) is 0 Å². The summed E-state index contributed by atoms with van der Waals surface area (Å²) in [5.41, 5.74) is 0.981. The van der Waals surface area contributed by atoms with Crippen LogP contribution in [-0.2, 0) is 11.2 Å². The molecule has 6 heteroatoms. The Balaban J connectivity index is 2.16. The summed E-state index contributed by atoms with van der Waals surface area (Å²) >= 11 is 3.31. The first kappa shape index (κ1) is 12.0. The van der Waals surface area contributed by atoms with E-state index in [-0.39, 0.29) is 17.5 Å². The average Bonchev–Trinajstić information content (AvgIpc) is 2.67. The number of halogens is 1. The number of non-ortho nitro benzene ring substituents is 1. The van der Waals surface area contributed by atoms with Crippen LogP contribution in [0.1, 0.15) is 12.0 Å². The second-order valence-corrected chi connectivity index (χ2v) is 4.87. The molecule has 1 heterocycles. The Bertz CT molecular complexity index is 476. The molecule has 0 aliphatic carbocycles. The largest absolute Gasteiger partial charge is 0.356 e. The average molecular weight is 299 g/mol. The van der Waals surface area contributed by atoms with Crippen molar-refractivity contribution in [1.82, 2.24) is 5.32 Å². The maximum atomic E-state index is 11.4. The third kappa shape index (κ3) is 2.63. The third-order valence-electron chi connectivity index (χ3n) is 2.88. The highest BCUT2D eigenvalue weighted by Gasteiger charge is 2.25. The molecule has 1 amide bonds. The number of amides is 1. The molecule has 17 heavy (non-hydrogen) atoms. The van der Waals surface area contributed by atoms with Gasteiger partial charge in [0, 0.05) is 29.1 Å². The standard InChI is InChI=1S/C11H11BrN2O3/c12-10-6-9(14(16)17)2-1-7(10)5-8-3-4-13-11(8)15/h1-2,6,8H,3-5H2,(H,13,15). The zero-order valence-corrected chi connectivity index (χ0v) is 10.6. The molecule has 1 aliphatic heterocycles. The fourth-order valence-corrected chi connectivity index (χ4v) is 2.45. The number of carbonyl (C=O) groups excluding carboxylic acids is 1. The summed E-state index contributed by atoms with van der Waals surface area (Å²) in [5.74, 6) is 0.0445. The van der Waals surface area contributed by atoms with E-state index in [9.17, 15) is 14.9 Å². The van der Waals surface area contributed by atoms with Gasteiger partial charge in [-0.2, -0.15) is 0 Å². The van der Waals surface area contributed by atoms with Gasteiger partial charge in [-0.05, 0) is 18.4 Å². The second-order valence-electron chi connectivity index (χ2n) is 4.01. The first-order valence-corrected chi connectivity index (χ1v) is 6.08. The molecular weight excluding hydrogens is 288 g/mol. The van der Waals surface area contributed by atoms with E-state index in [0.717, 1.165) is 12.0 Å². The molecule has 1 unspecified atom stereocenters. The lowest BCUT2D eigenvalue weighted by molar-refractivity contribution is -0.384. The Morgan fingerprint density at radius 3 is 2.82 bits per heavy atom. The molecule has 1 aliphatic rings. The zero-order chi connectivity index (χ0) is 12.4. The second kappa shape index (κ2) is 4.83. The van der Waals surface area contributed by atoms with Crippen molar-refractivity contribution >= 4 is 27.5 Å². The van der Waals surface area contributed by atoms with Gasteiger partial charge in [0.15, 0.2) is 0 Å². The van der Waals surface area contributed by atoms with Gasteiger partial charge in [0.05, 0.1) is 4.92 Å². The minimum absolute atomic E-state index is 0.0206. The highest BCUT2D eigenvalue weighted by Crippen LogP contribution is 2.26. The van der Waals surface area contributed by atoms with Gasteiger partial charge in [-0.1, -0.05) is 22.0 Å². The molecule has 5 nitrogen and oxygen atoms in total. The van der Waals surface area contributed by atoms with Crippen LogP contribution in [-0.4, -0.2) is 17.4 Å². The molecular formula is C11H11BrN2O3. The van der Waals surface area contributed by atoms with Gasteiger partial charge in [0.25, 0.3) is 5.69 Å². The van der Waals surface area contributed by atoms with E-state index >= 15 is 0 Å². The first-order valence-electron chi connectivity index (χ1n) is 5.28. The lowest BCUT2D eigenvalue weighted by atomic mass is 9.98. The fourth-order valence-electron chi connectivity index (χ4n) is 1.92. The number of carbonyl (C=O) groups is 1. The molecule has 0 bridgehead atoms. The van der Waals surface area contributed by atoms with Gasteiger partial charge in [0.1, 0.15) is 0 Å². The molecule has 1 N–H and O–H groups in total. The van der Waals surface area contributed by atoms with Crippen molar-refractivity contribution in [3.05, 3.63) is 38.3 Å². The van der Waals surface area contributed by atoms with E-state index < -0.39 is 4.92 Å². The summed E-state index contributed by atoms with van der Waals surface area (Å²) in [5, 5.41) is 13.4. The minimum atomic E-state index is -0.434. The maximum absolute atomic E-state index is 11.4. The van der Waals surface area contributed by atoms with Gasteiger partial charge < -0.3 is 5.32 Å². The molecule has 1 aromatic carbocycles. The van der Waals surface area contributed by atoms with Crippen LogP contribution < -0.4 is 5.32 Å². The van der Waals surface area contributed by atoms with Crippen LogP contribution in [0.5, 0.6) is 0 Å². The SMILES string of the molecule is O=C1NCCC1Cc1ccc([N+](=O)[O-])cc1Br. The van der Waals surface area contributed by atoms with Crippen LogP contribution in [0.4, 0.5) is 5.69 Å². The summed E-state index contributed by atoms with van der Waals surface area (Å²) < 4.78 is 0.686. The Labute approximate surface area is 106 Å². The molecule has 1 aromatic rings. The summed E-state index contributed by atoms with van der Waals surface area (Å²) in [6.07, 6.45) is 1.44. The van der Waals surface area contributed by atoms with Crippen molar-refractivity contribution in [3.63, 3.8) is 0 Å². The van der Waals surface area contributed by atoms with Crippen molar-refractivity contribution in [2.24, 2.45) is 5.92 Å². The topological polar surface area (TPSA) is 72.2 Å². The van der Waals surface area contributed by atoms with Gasteiger partial charge in [-0.25, -0.2) is 0 Å². The van der Waals surface area contributed by atoms with Gasteiger partial charge in [0.2, 0.25) is 5.91 Å². The molecule has 1 atom stereocenters. The number of nitrogens with zero attached hydrogens (tertiary/aromatic N) is 1. The van der Waals surface area contributed by atoms with Crippen molar-refractivity contribution in [1.29, 1.82) is 0 Å². The Morgan fingerprint density at radius 2 is 2.29 bits per heavy atom. The number of nitro groups is 1. The number of nitrogens with one attached hydrogen (secondary N) is 1. The number of benzene rings is 1. The number of rotatable bonds is 3. The van der Waals surface area contributed by atoms with E-state index in [1.807, 2.05) is 0 Å². The highest BCUT2D eigenvalue weighted by molar-refractivity contribution is 9.10. The molecule has 0 radical (unpaired) electrons. The van der Waals surface area contributed by atoms with Crippen molar-refractivity contribution in [2.45, 2.75) is 12.8 Å². The highest BCUT2D eigenvalue weighted by atomic mass is 79.9. The molecule has 1 fully saturated rings. The Hall–Kier alpha value is -1.43. The van der Waals surface area contributed by atoms with Gasteiger partial charge >= 0.3 is 0 Å². The third-order valence-corrected chi connectivity index (χ3v) is 3.61. The summed E-state index contributed by atoms with van der Waals surface area (Å²) in [6.45, 7) is 0.716. The van der Waals surface area contributed by atoms with E-state index in [0.29, 0.717) is 17.4 Å². The molecule has 0 aromatic heterocycles. The molecule has 90 valence electrons. The van der Waals surface area contributed by atoms with Gasteiger partial charge in [-0.3, -0.25) is 14.9 Å². The van der Waals surface area contributed by atoms with Crippen LogP contribution in [0.3, 0.4) is 0 Å². The van der Waals surface area contributed by atoms with E-state index in [4.69, 9.17) is 0 Å². The normalized spacial score (nSPS) is 19.1. The lowest BCUT2D eigenvalue weighted by Crippen LogP contribution is -2.20. The van der Waals surface area contributed by atoms with Crippen LogP contribution in [0, 0.1) is 16.0 Å². The fraction of sp³-hybridized carbons (Fsp3) is 0.364. The zero-order valence-electron chi connectivity index (χ0n) is 8.98.